The predicted molar refractivity (Wildman–Crippen MR) is 44.3 cm³/mol. The molecule has 3 heteroatoms. The van der Waals surface area contributed by atoms with Gasteiger partial charge in [-0.05, 0) is 30.5 Å². The van der Waals surface area contributed by atoms with Gasteiger partial charge in [-0.15, -0.1) is 0 Å². The van der Waals surface area contributed by atoms with Crippen molar-refractivity contribution in [1.29, 1.82) is 0 Å². The third kappa shape index (κ3) is 0.897. The summed E-state index contributed by atoms with van der Waals surface area (Å²) >= 11 is 0. The van der Waals surface area contributed by atoms with Gasteiger partial charge in [0.05, 0.1) is 5.41 Å². The second kappa shape index (κ2) is 2.30. The molecule has 0 spiro atoms. The molecule has 0 aliphatic heterocycles. The van der Waals surface area contributed by atoms with Crippen molar-refractivity contribution in [1.82, 2.24) is 4.98 Å². The van der Waals surface area contributed by atoms with E-state index in [4.69, 9.17) is 5.73 Å². The Labute approximate surface area is 70.6 Å². The van der Waals surface area contributed by atoms with Crippen molar-refractivity contribution >= 4 is 5.91 Å². The number of aromatic nitrogens is 1. The molecule has 2 rings (SSSR count). The monoisotopic (exact) mass is 162 g/mol. The minimum atomic E-state index is -0.358. The molecule has 12 heavy (non-hydrogen) atoms. The molecule has 1 aliphatic rings. The van der Waals surface area contributed by atoms with Crippen LogP contribution in [-0.2, 0) is 10.2 Å². The predicted octanol–water partition coefficient (Wildman–Crippen LogP) is 0.598. The average Bonchev–Trinajstić information content (AvgIpc) is 2.86. The fourth-order valence-electron chi connectivity index (χ4n) is 1.47. The van der Waals surface area contributed by atoms with Crippen LogP contribution >= 0.6 is 0 Å². The van der Waals surface area contributed by atoms with Crippen molar-refractivity contribution in [2.24, 2.45) is 5.73 Å². The zero-order valence-corrected chi connectivity index (χ0v) is 6.66. The highest BCUT2D eigenvalue weighted by atomic mass is 16.1. The largest absolute Gasteiger partial charge is 0.369 e. The molecule has 0 unspecified atom stereocenters. The summed E-state index contributed by atoms with van der Waals surface area (Å²) in [5, 5.41) is 0. The molecular weight excluding hydrogens is 152 g/mol. The van der Waals surface area contributed by atoms with Crippen LogP contribution < -0.4 is 5.73 Å². The van der Waals surface area contributed by atoms with Gasteiger partial charge in [0, 0.05) is 12.4 Å². The van der Waals surface area contributed by atoms with E-state index in [0.29, 0.717) is 0 Å². The molecule has 2 N–H and O–H groups in total. The van der Waals surface area contributed by atoms with Gasteiger partial charge >= 0.3 is 0 Å². The van der Waals surface area contributed by atoms with Crippen LogP contribution in [0.1, 0.15) is 18.4 Å². The Morgan fingerprint density at radius 3 is 2.42 bits per heavy atom. The van der Waals surface area contributed by atoms with Crippen LogP contribution in [0.25, 0.3) is 0 Å². The molecule has 1 amide bonds. The van der Waals surface area contributed by atoms with Gasteiger partial charge in [-0.1, -0.05) is 0 Å². The Bertz CT molecular complexity index is 304. The molecule has 1 aromatic heterocycles. The molecular formula is C9H10N2O. The third-order valence-corrected chi connectivity index (χ3v) is 2.45. The zero-order chi connectivity index (χ0) is 8.60. The van der Waals surface area contributed by atoms with E-state index in [-0.39, 0.29) is 11.3 Å². The lowest BCUT2D eigenvalue weighted by Gasteiger charge is -2.09. The summed E-state index contributed by atoms with van der Waals surface area (Å²) in [6.07, 6.45) is 5.15. The first-order valence-corrected chi connectivity index (χ1v) is 3.96. The lowest BCUT2D eigenvalue weighted by molar-refractivity contribution is -0.120. The van der Waals surface area contributed by atoms with Crippen molar-refractivity contribution in [3.63, 3.8) is 0 Å². The maximum atomic E-state index is 11.1. The molecule has 62 valence electrons. The topological polar surface area (TPSA) is 56.0 Å². The van der Waals surface area contributed by atoms with E-state index < -0.39 is 0 Å². The SMILES string of the molecule is NC(=O)C1(c2ccncc2)CC1. The first-order chi connectivity index (χ1) is 5.76. The smallest absolute Gasteiger partial charge is 0.228 e. The van der Waals surface area contributed by atoms with Gasteiger partial charge in [-0.2, -0.15) is 0 Å². The molecule has 0 atom stereocenters. The lowest BCUT2D eigenvalue weighted by atomic mass is 9.97. The van der Waals surface area contributed by atoms with E-state index >= 15 is 0 Å². The molecule has 0 radical (unpaired) electrons. The zero-order valence-electron chi connectivity index (χ0n) is 6.66. The molecule has 1 fully saturated rings. The number of hydrogen-bond donors (Lipinski definition) is 1. The first kappa shape index (κ1) is 7.28. The first-order valence-electron chi connectivity index (χ1n) is 3.96. The van der Waals surface area contributed by atoms with Crippen molar-refractivity contribution in [2.45, 2.75) is 18.3 Å². The quantitative estimate of drug-likeness (QED) is 0.692. The van der Waals surface area contributed by atoms with Gasteiger partial charge < -0.3 is 5.73 Å². The van der Waals surface area contributed by atoms with E-state index in [9.17, 15) is 4.79 Å². The van der Waals surface area contributed by atoms with Crippen LogP contribution in [0.4, 0.5) is 0 Å². The van der Waals surface area contributed by atoms with E-state index in [0.717, 1.165) is 18.4 Å². The number of pyridine rings is 1. The summed E-state index contributed by atoms with van der Waals surface area (Å²) < 4.78 is 0. The Kier molecular flexibility index (Phi) is 1.40. The molecule has 1 aromatic rings. The van der Waals surface area contributed by atoms with Crippen molar-refractivity contribution < 1.29 is 4.79 Å². The fraction of sp³-hybridized carbons (Fsp3) is 0.333. The number of hydrogen-bond acceptors (Lipinski definition) is 2. The molecule has 1 heterocycles. The van der Waals surface area contributed by atoms with Crippen LogP contribution in [0.2, 0.25) is 0 Å². The Morgan fingerprint density at radius 1 is 1.42 bits per heavy atom. The molecule has 3 nitrogen and oxygen atoms in total. The van der Waals surface area contributed by atoms with E-state index in [2.05, 4.69) is 4.98 Å². The summed E-state index contributed by atoms with van der Waals surface area (Å²) in [7, 11) is 0. The summed E-state index contributed by atoms with van der Waals surface area (Å²) in [4.78, 5) is 15.0. The maximum Gasteiger partial charge on any atom is 0.228 e. The number of nitrogens with zero attached hydrogens (tertiary/aromatic N) is 1. The minimum absolute atomic E-state index is 0.214. The summed E-state index contributed by atoms with van der Waals surface area (Å²) in [6, 6.07) is 3.72. The minimum Gasteiger partial charge on any atom is -0.369 e. The van der Waals surface area contributed by atoms with Gasteiger partial charge in [-0.3, -0.25) is 9.78 Å². The molecule has 0 aromatic carbocycles. The number of nitrogens with two attached hydrogens (primary N) is 1. The van der Waals surface area contributed by atoms with Crippen LogP contribution in [-0.4, -0.2) is 10.9 Å². The van der Waals surface area contributed by atoms with Crippen LogP contribution in [0.5, 0.6) is 0 Å². The number of primary amides is 1. The van der Waals surface area contributed by atoms with Crippen molar-refractivity contribution in [3.05, 3.63) is 30.1 Å². The van der Waals surface area contributed by atoms with E-state index in [1.54, 1.807) is 12.4 Å². The van der Waals surface area contributed by atoms with E-state index in [1.165, 1.54) is 0 Å². The Balaban J connectivity index is 2.37. The van der Waals surface area contributed by atoms with Gasteiger partial charge in [0.2, 0.25) is 5.91 Å². The average molecular weight is 162 g/mol. The van der Waals surface area contributed by atoms with Gasteiger partial charge in [0.1, 0.15) is 0 Å². The second-order valence-electron chi connectivity index (χ2n) is 3.18. The highest BCUT2D eigenvalue weighted by Gasteiger charge is 2.49. The van der Waals surface area contributed by atoms with Gasteiger partial charge in [-0.25, -0.2) is 0 Å². The summed E-state index contributed by atoms with van der Waals surface area (Å²) in [5.74, 6) is -0.214. The molecule has 0 bridgehead atoms. The Hall–Kier alpha value is -1.38. The second-order valence-corrected chi connectivity index (χ2v) is 3.18. The number of carbonyl (C=O) groups is 1. The van der Waals surface area contributed by atoms with Gasteiger partial charge in [0.15, 0.2) is 0 Å². The number of amides is 1. The molecule has 1 saturated carbocycles. The van der Waals surface area contributed by atoms with E-state index in [1.807, 2.05) is 12.1 Å². The molecule has 1 aliphatic carbocycles. The van der Waals surface area contributed by atoms with Crippen LogP contribution in [0.3, 0.4) is 0 Å². The highest BCUT2D eigenvalue weighted by Crippen LogP contribution is 2.47. The van der Waals surface area contributed by atoms with Gasteiger partial charge in [0.25, 0.3) is 0 Å². The third-order valence-electron chi connectivity index (χ3n) is 2.45. The normalized spacial score (nSPS) is 18.7. The lowest BCUT2D eigenvalue weighted by Crippen LogP contribution is -2.28. The Morgan fingerprint density at radius 2 is 2.00 bits per heavy atom. The summed E-state index contributed by atoms with van der Waals surface area (Å²) in [5.41, 5.74) is 5.95. The fourth-order valence-corrected chi connectivity index (χ4v) is 1.47. The molecule has 0 saturated heterocycles. The number of rotatable bonds is 2. The summed E-state index contributed by atoms with van der Waals surface area (Å²) in [6.45, 7) is 0. The highest BCUT2D eigenvalue weighted by molar-refractivity contribution is 5.89. The van der Waals surface area contributed by atoms with Crippen molar-refractivity contribution in [3.8, 4) is 0 Å². The standard InChI is InChI=1S/C9H10N2O/c10-8(12)9(3-4-9)7-1-5-11-6-2-7/h1-2,5-6H,3-4H2,(H2,10,12). The van der Waals surface area contributed by atoms with Crippen molar-refractivity contribution in [2.75, 3.05) is 0 Å². The number of carbonyl (C=O) groups excluding carboxylic acids is 1. The van der Waals surface area contributed by atoms with Crippen LogP contribution in [0.15, 0.2) is 24.5 Å². The maximum absolute atomic E-state index is 11.1. The van der Waals surface area contributed by atoms with Crippen LogP contribution in [0, 0.1) is 0 Å².